The number of fused-ring (bicyclic) bond motifs is 1. The molecule has 218 valence electrons. The second kappa shape index (κ2) is 12.3. The van der Waals surface area contributed by atoms with Gasteiger partial charge in [-0.1, -0.05) is 79.4 Å². The second-order valence-corrected chi connectivity index (χ2v) is 13.0. The number of hydrogen-bond donors (Lipinski definition) is 1. The summed E-state index contributed by atoms with van der Waals surface area (Å²) in [4.78, 5) is 44.4. The molecule has 1 saturated heterocycles. The predicted molar refractivity (Wildman–Crippen MR) is 170 cm³/mol. The first-order valence-corrected chi connectivity index (χ1v) is 16.3. The van der Waals surface area contributed by atoms with Crippen LogP contribution in [0, 0.1) is 0 Å². The highest BCUT2D eigenvalue weighted by molar-refractivity contribution is 8.00. The highest BCUT2D eigenvalue weighted by atomic mass is 32.2. The maximum Gasteiger partial charge on any atom is 0.356 e. The molecule has 2 atom stereocenters. The van der Waals surface area contributed by atoms with Crippen LogP contribution in [-0.4, -0.2) is 46.6 Å². The van der Waals surface area contributed by atoms with Crippen LogP contribution in [0.1, 0.15) is 27.0 Å². The van der Waals surface area contributed by atoms with Crippen molar-refractivity contribution in [1.82, 2.24) is 10.2 Å². The molecular formula is C33H28N2O5S3. The summed E-state index contributed by atoms with van der Waals surface area (Å²) >= 11 is 4.38. The molecule has 2 aliphatic rings. The number of ether oxygens (including phenoxy) is 2. The number of nitrogens with zero attached hydrogens (tertiary/aromatic N) is 1. The summed E-state index contributed by atoms with van der Waals surface area (Å²) in [7, 11) is 1.39. The van der Waals surface area contributed by atoms with Crippen molar-refractivity contribution in [2.75, 3.05) is 12.9 Å². The zero-order valence-electron chi connectivity index (χ0n) is 23.2. The van der Waals surface area contributed by atoms with E-state index in [1.54, 1.807) is 0 Å². The summed E-state index contributed by atoms with van der Waals surface area (Å²) in [6, 6.07) is 26.5. The van der Waals surface area contributed by atoms with E-state index in [4.69, 9.17) is 9.47 Å². The van der Waals surface area contributed by atoms with Crippen molar-refractivity contribution in [3.05, 3.63) is 134 Å². The Bertz CT molecular complexity index is 1630. The van der Waals surface area contributed by atoms with Crippen molar-refractivity contribution in [2.24, 2.45) is 0 Å². The highest BCUT2D eigenvalue weighted by Gasteiger charge is 2.67. The molecule has 2 aromatic carbocycles. The van der Waals surface area contributed by atoms with Crippen molar-refractivity contribution in [2.45, 2.75) is 23.6 Å². The van der Waals surface area contributed by atoms with Gasteiger partial charge in [-0.25, -0.2) is 4.79 Å². The summed E-state index contributed by atoms with van der Waals surface area (Å²) in [5, 5.41) is 5.99. The Morgan fingerprint density at radius 1 is 0.977 bits per heavy atom. The lowest BCUT2D eigenvalue weighted by atomic mass is 9.95. The maximum absolute atomic E-state index is 14.3. The molecular weight excluding hydrogens is 601 g/mol. The van der Waals surface area contributed by atoms with Crippen LogP contribution in [0.5, 0.6) is 0 Å². The molecule has 4 heterocycles. The average molecular weight is 629 g/mol. The molecule has 2 aliphatic heterocycles. The number of thiophene rings is 2. The number of hydrogen-bond acceptors (Lipinski definition) is 8. The minimum absolute atomic E-state index is 0.115. The van der Waals surface area contributed by atoms with E-state index in [2.05, 4.69) is 11.9 Å². The van der Waals surface area contributed by atoms with Gasteiger partial charge in [0.15, 0.2) is 6.10 Å². The first-order valence-electron chi connectivity index (χ1n) is 13.5. The average Bonchev–Trinajstić information content (AvgIpc) is 3.77. The number of esters is 1. The first kappa shape index (κ1) is 29.1. The molecule has 6 rings (SSSR count). The summed E-state index contributed by atoms with van der Waals surface area (Å²) < 4.78 is 12.0. The number of rotatable bonds is 10. The Labute approximate surface area is 261 Å². The summed E-state index contributed by atoms with van der Waals surface area (Å²) in [5.41, 5.74) is 1.35. The number of benzene rings is 2. The zero-order valence-corrected chi connectivity index (χ0v) is 25.7. The number of carbonyl (C=O) groups is 3. The van der Waals surface area contributed by atoms with Gasteiger partial charge in [0.2, 0.25) is 5.91 Å². The lowest BCUT2D eigenvalue weighted by Gasteiger charge is -2.56. The van der Waals surface area contributed by atoms with Crippen molar-refractivity contribution < 1.29 is 23.9 Å². The molecule has 4 aromatic rings. The van der Waals surface area contributed by atoms with Crippen LogP contribution in [0.25, 0.3) is 5.57 Å². The normalized spacial score (nSPS) is 19.5. The van der Waals surface area contributed by atoms with Gasteiger partial charge in [0.25, 0.3) is 11.6 Å². The van der Waals surface area contributed by atoms with Crippen LogP contribution in [-0.2, 0) is 30.3 Å². The lowest BCUT2D eigenvalue weighted by molar-refractivity contribution is -0.193. The van der Waals surface area contributed by atoms with Crippen molar-refractivity contribution >= 4 is 57.8 Å². The van der Waals surface area contributed by atoms with Gasteiger partial charge in [-0.3, -0.25) is 14.5 Å². The maximum atomic E-state index is 14.3. The predicted octanol–water partition coefficient (Wildman–Crippen LogP) is 6.03. The largest absolute Gasteiger partial charge is 0.448 e. The van der Waals surface area contributed by atoms with Crippen molar-refractivity contribution in [1.29, 1.82) is 0 Å². The molecule has 0 saturated carbocycles. The third-order valence-electron chi connectivity index (χ3n) is 7.40. The molecule has 0 radical (unpaired) electrons. The van der Waals surface area contributed by atoms with Gasteiger partial charge in [0.1, 0.15) is 11.1 Å². The number of carbonyl (C=O) groups excluding carboxylic acids is 3. The topological polar surface area (TPSA) is 84.9 Å². The molecule has 7 nitrogen and oxygen atoms in total. The highest BCUT2D eigenvalue weighted by Crippen LogP contribution is 2.49. The monoisotopic (exact) mass is 628 g/mol. The van der Waals surface area contributed by atoms with Crippen molar-refractivity contribution in [3.8, 4) is 0 Å². The van der Waals surface area contributed by atoms with Crippen molar-refractivity contribution in [3.63, 3.8) is 0 Å². The van der Waals surface area contributed by atoms with E-state index in [1.165, 1.54) is 46.4 Å². The van der Waals surface area contributed by atoms with Crippen LogP contribution in [0.2, 0.25) is 0 Å². The minimum Gasteiger partial charge on any atom is -0.448 e. The fourth-order valence-corrected chi connectivity index (χ4v) is 8.17. The number of thioether (sulfide) groups is 1. The van der Waals surface area contributed by atoms with Gasteiger partial charge >= 0.3 is 5.97 Å². The molecule has 0 bridgehead atoms. The Kier molecular flexibility index (Phi) is 8.36. The van der Waals surface area contributed by atoms with Crippen LogP contribution in [0.15, 0.2) is 114 Å². The molecule has 0 aliphatic carbocycles. The summed E-state index contributed by atoms with van der Waals surface area (Å²) in [6.07, 6.45) is -0.588. The molecule has 2 aromatic heterocycles. The smallest absolute Gasteiger partial charge is 0.356 e. The number of amides is 2. The van der Waals surface area contributed by atoms with E-state index in [0.717, 1.165) is 20.9 Å². The summed E-state index contributed by atoms with van der Waals surface area (Å²) in [6.45, 7) is 4.30. The Morgan fingerprint density at radius 3 is 2.21 bits per heavy atom. The molecule has 2 amide bonds. The van der Waals surface area contributed by atoms with Crippen LogP contribution >= 0.6 is 34.4 Å². The Balaban J connectivity index is 1.36. The lowest BCUT2D eigenvalue weighted by Crippen LogP contribution is -2.80. The standard InChI is InChI=1S/C33H28N2O5S3/c1-21(26-16-10-18-42-26)25-20-43-32-33(39-2,34-27(36)19-24-15-9-17-41-24)31(38)35(32)28(25)30(37)40-29(22-11-5-3-6-12-22)23-13-7-4-8-14-23/h3-18,29,32H,1,19-20H2,2H3,(H,34,36)/t32-,33-/m0/s1. The van der Waals surface area contributed by atoms with E-state index in [9.17, 15) is 14.4 Å². The van der Waals surface area contributed by atoms with Gasteiger partial charge in [0.05, 0.1) is 6.42 Å². The Hall–Kier alpha value is -3.96. The number of β-lactam (4-membered cyclic amide) rings is 1. The molecule has 43 heavy (non-hydrogen) atoms. The fraction of sp³-hybridized carbons (Fsp3) is 0.182. The van der Waals surface area contributed by atoms with Gasteiger partial charge < -0.3 is 14.8 Å². The van der Waals surface area contributed by atoms with E-state index >= 15 is 0 Å². The van der Waals surface area contributed by atoms with E-state index in [-0.39, 0.29) is 18.0 Å². The van der Waals surface area contributed by atoms with Gasteiger partial charge in [-0.2, -0.15) is 0 Å². The van der Waals surface area contributed by atoms with Gasteiger partial charge in [-0.15, -0.1) is 34.4 Å². The van der Waals surface area contributed by atoms with Crippen LogP contribution < -0.4 is 5.32 Å². The number of methoxy groups -OCH3 is 1. The van der Waals surface area contributed by atoms with E-state index in [1.807, 2.05) is 95.7 Å². The van der Waals surface area contributed by atoms with Gasteiger partial charge in [-0.05, 0) is 39.6 Å². The van der Waals surface area contributed by atoms with E-state index in [0.29, 0.717) is 16.9 Å². The van der Waals surface area contributed by atoms with Crippen LogP contribution in [0.3, 0.4) is 0 Å². The molecule has 1 fully saturated rings. The van der Waals surface area contributed by atoms with E-state index < -0.39 is 29.1 Å². The molecule has 10 heteroatoms. The first-order chi connectivity index (χ1) is 20.9. The molecule has 0 unspecified atom stereocenters. The third-order valence-corrected chi connectivity index (χ3v) is 10.5. The van der Waals surface area contributed by atoms with Crippen LogP contribution in [0.4, 0.5) is 0 Å². The minimum atomic E-state index is -1.61. The Morgan fingerprint density at radius 2 is 1.63 bits per heavy atom. The van der Waals surface area contributed by atoms with Gasteiger partial charge in [0, 0.05) is 28.2 Å². The zero-order chi connectivity index (χ0) is 30.0. The quantitative estimate of drug-likeness (QED) is 0.131. The molecule has 0 spiro atoms. The SMILES string of the molecule is C=C(C1=C(C(=O)OC(c2ccccc2)c2ccccc2)N2C(=O)[C@](NC(=O)Cc3cccs3)(OC)[C@@H]2SC1)c1cccs1. The number of nitrogens with one attached hydrogen (secondary N) is 1. The molecule has 1 N–H and O–H groups in total. The third kappa shape index (κ3) is 5.47. The second-order valence-electron chi connectivity index (χ2n) is 9.97. The fourth-order valence-electron chi connectivity index (χ4n) is 5.27. The summed E-state index contributed by atoms with van der Waals surface area (Å²) in [5.74, 6) is -1.17. The number of allylic oxidation sites excluding steroid dienone is 1.